The van der Waals surface area contributed by atoms with Crippen LogP contribution in [0.4, 0.5) is 35.1 Å². The van der Waals surface area contributed by atoms with Crippen molar-refractivity contribution in [2.45, 2.75) is 22.2 Å². The highest BCUT2D eigenvalue weighted by molar-refractivity contribution is 9.11. The van der Waals surface area contributed by atoms with E-state index in [-0.39, 0.29) is 14.5 Å². The smallest absolute Gasteiger partial charge is 0.486 e. The highest BCUT2D eigenvalue weighted by atomic mass is 79.9. The largest absolute Gasteiger partial charge is 0.606 e. The predicted molar refractivity (Wildman–Crippen MR) is 88.4 cm³/mol. The van der Waals surface area contributed by atoms with Gasteiger partial charge in [-0.25, -0.2) is 4.39 Å². The lowest BCUT2D eigenvalue weighted by Gasteiger charge is -2.29. The Bertz CT molecular complexity index is 856. The van der Waals surface area contributed by atoms with Crippen molar-refractivity contribution < 1.29 is 39.7 Å². The minimum Gasteiger partial charge on any atom is -0.606 e. The van der Waals surface area contributed by atoms with Gasteiger partial charge in [0.05, 0.1) is 16.7 Å². The summed E-state index contributed by atoms with van der Waals surface area (Å²) in [5, 5.41) is -5.99. The van der Waals surface area contributed by atoms with E-state index in [9.17, 15) is 39.7 Å². The maximum absolute atomic E-state index is 13.9. The van der Waals surface area contributed by atoms with Gasteiger partial charge in [-0.15, -0.1) is 8.78 Å². The quantitative estimate of drug-likeness (QED) is 0.310. The number of benzene rings is 2. The Morgan fingerprint density at radius 3 is 2.07 bits per heavy atom. The molecule has 0 aliphatic carbocycles. The van der Waals surface area contributed by atoms with Gasteiger partial charge in [0, 0.05) is 21.1 Å². The van der Waals surface area contributed by atoms with Crippen LogP contribution in [0.25, 0.3) is 11.1 Å². The molecule has 1 nitrogen and oxygen atoms in total. The fourth-order valence-electron chi connectivity index (χ4n) is 1.98. The molecule has 0 spiro atoms. The van der Waals surface area contributed by atoms with Crippen LogP contribution in [0.5, 0.6) is 0 Å². The molecular weight excluding hydrogens is 540 g/mol. The fraction of sp³-hybridized carbons (Fsp3) is 0.200. The van der Waals surface area contributed by atoms with Crippen LogP contribution >= 0.6 is 31.9 Å². The van der Waals surface area contributed by atoms with E-state index < -0.39 is 44.8 Å². The average Bonchev–Trinajstić information content (AvgIpc) is 2.52. The first kappa shape index (κ1) is 22.4. The van der Waals surface area contributed by atoms with E-state index in [1.54, 1.807) is 0 Å². The second kappa shape index (κ2) is 7.53. The Balaban J connectivity index is 2.71. The van der Waals surface area contributed by atoms with E-state index in [1.165, 1.54) is 6.07 Å². The maximum Gasteiger partial charge on any atom is 0.486 e. The first-order chi connectivity index (χ1) is 12.2. The molecule has 12 heteroatoms. The van der Waals surface area contributed by atoms with E-state index in [2.05, 4.69) is 37.9 Å². The highest BCUT2D eigenvalue weighted by Crippen LogP contribution is 2.52. The molecule has 0 N–H and O–H groups in total. The Kier molecular flexibility index (Phi) is 6.25. The van der Waals surface area contributed by atoms with Crippen LogP contribution in [0.2, 0.25) is 0 Å². The van der Waals surface area contributed by atoms with Crippen LogP contribution < -0.4 is 0 Å². The molecule has 1 unspecified atom stereocenters. The first-order valence-corrected chi connectivity index (χ1v) is 9.35. The zero-order chi connectivity index (χ0) is 20.8. The first-order valence-electron chi connectivity index (χ1n) is 6.61. The van der Waals surface area contributed by atoms with Crippen molar-refractivity contribution >= 4 is 43.0 Å². The van der Waals surface area contributed by atoms with Gasteiger partial charge in [0.1, 0.15) is 5.82 Å². The van der Waals surface area contributed by atoms with Crippen molar-refractivity contribution in [2.75, 3.05) is 0 Å². The van der Waals surface area contributed by atoms with Gasteiger partial charge >= 0.3 is 17.4 Å². The third-order valence-corrected chi connectivity index (χ3v) is 5.69. The third kappa shape index (κ3) is 4.13. The maximum atomic E-state index is 13.9. The van der Waals surface area contributed by atoms with E-state index in [0.29, 0.717) is 6.07 Å². The summed E-state index contributed by atoms with van der Waals surface area (Å²) in [6.07, 6.45) is -6.64. The van der Waals surface area contributed by atoms with Gasteiger partial charge < -0.3 is 4.55 Å². The van der Waals surface area contributed by atoms with Crippen LogP contribution in [-0.2, 0) is 11.2 Å². The van der Waals surface area contributed by atoms with Crippen LogP contribution in [0, 0.1) is 11.9 Å². The predicted octanol–water partition coefficient (Wildman–Crippen LogP) is 6.72. The number of alkyl halides is 7. The molecule has 2 rings (SSSR count). The summed E-state index contributed by atoms with van der Waals surface area (Å²) in [5.74, 6) is -7.41. The lowest BCUT2D eigenvalue weighted by atomic mass is 10.1. The van der Waals surface area contributed by atoms with Gasteiger partial charge in [-0.05, 0) is 49.6 Å². The second-order valence-electron chi connectivity index (χ2n) is 5.04. The van der Waals surface area contributed by atoms with Gasteiger partial charge in [0.2, 0.25) is 0 Å². The summed E-state index contributed by atoms with van der Waals surface area (Å²) in [4.78, 5) is -1.06. The molecule has 0 aliphatic rings. The van der Waals surface area contributed by atoms with Crippen LogP contribution in [0.1, 0.15) is 0 Å². The molecule has 27 heavy (non-hydrogen) atoms. The highest BCUT2D eigenvalue weighted by Gasteiger charge is 2.80. The zero-order valence-electron chi connectivity index (χ0n) is 12.5. The number of hydrogen-bond donors (Lipinski definition) is 0. The number of rotatable bonds is 4. The average molecular weight is 545 g/mol. The Morgan fingerprint density at radius 2 is 1.56 bits per heavy atom. The van der Waals surface area contributed by atoms with Crippen molar-refractivity contribution in [3.8, 4) is 11.1 Å². The van der Waals surface area contributed by atoms with Gasteiger partial charge in [0.25, 0.3) is 0 Å². The van der Waals surface area contributed by atoms with Crippen molar-refractivity contribution in [2.24, 2.45) is 0 Å². The molecule has 2 aromatic rings. The normalized spacial score (nSPS) is 14.3. The molecular formula is C15H5Br2F8OS. The van der Waals surface area contributed by atoms with Crippen molar-refractivity contribution in [1.82, 2.24) is 0 Å². The molecule has 0 bridgehead atoms. The number of hydrogen-bond acceptors (Lipinski definition) is 1. The summed E-state index contributed by atoms with van der Waals surface area (Å²) in [5.41, 5.74) is -0.645. The molecule has 2 aromatic carbocycles. The molecule has 0 amide bonds. The van der Waals surface area contributed by atoms with Gasteiger partial charge in [-0.2, -0.15) is 22.0 Å². The minimum atomic E-state index is -6.64. The van der Waals surface area contributed by atoms with Crippen molar-refractivity contribution in [3.05, 3.63) is 51.2 Å². The van der Waals surface area contributed by atoms with Crippen LogP contribution in [0.15, 0.2) is 44.2 Å². The lowest BCUT2D eigenvalue weighted by Crippen LogP contribution is -2.56. The van der Waals surface area contributed by atoms with E-state index in [0.717, 1.165) is 18.2 Å². The zero-order valence-corrected chi connectivity index (χ0v) is 16.5. The van der Waals surface area contributed by atoms with Crippen LogP contribution in [-0.4, -0.2) is 21.9 Å². The van der Waals surface area contributed by atoms with Crippen molar-refractivity contribution in [3.63, 3.8) is 0 Å². The summed E-state index contributed by atoms with van der Waals surface area (Å²) < 4.78 is 117. The minimum absolute atomic E-state index is 0.149. The summed E-state index contributed by atoms with van der Waals surface area (Å²) in [6, 6.07) is 7.27. The molecule has 0 aliphatic heterocycles. The molecule has 0 heterocycles. The van der Waals surface area contributed by atoms with E-state index >= 15 is 0 Å². The third-order valence-electron chi connectivity index (χ3n) is 3.22. The molecule has 0 saturated heterocycles. The van der Waals surface area contributed by atoms with E-state index in [1.807, 2.05) is 0 Å². The van der Waals surface area contributed by atoms with Gasteiger partial charge in [-0.3, -0.25) is 0 Å². The number of halogens is 10. The topological polar surface area (TPSA) is 23.1 Å². The molecule has 0 aromatic heterocycles. The summed E-state index contributed by atoms with van der Waals surface area (Å²) in [6.45, 7) is 0. The molecule has 147 valence electrons. The molecule has 1 atom stereocenters. The Hall–Kier alpha value is -0.850. The molecule has 0 saturated carbocycles. The fourth-order valence-corrected chi connectivity index (χ4v) is 4.86. The Labute approximate surface area is 167 Å². The Morgan fingerprint density at radius 1 is 0.963 bits per heavy atom. The molecule has 0 fully saturated rings. The van der Waals surface area contributed by atoms with E-state index in [4.69, 9.17) is 0 Å². The standard InChI is InChI=1S/C15H5Br2F8OS/c16-8-5-10(17)12(7-2-1-3-9(18)4-7)11(6-8)27(26)15(24,25)13(19,20)14(21,22)23/h1-4,6H. The lowest BCUT2D eigenvalue weighted by molar-refractivity contribution is -0.332. The summed E-state index contributed by atoms with van der Waals surface area (Å²) >= 11 is 1.54. The molecule has 1 radical (unpaired) electrons. The second-order valence-corrected chi connectivity index (χ2v) is 8.18. The van der Waals surface area contributed by atoms with Gasteiger partial charge in [-0.1, -0.05) is 12.1 Å². The van der Waals surface area contributed by atoms with Gasteiger partial charge in [0.15, 0.2) is 4.90 Å². The summed E-state index contributed by atoms with van der Waals surface area (Å²) in [7, 11) is 0. The monoisotopic (exact) mass is 543 g/mol. The SMILES string of the molecule is [O-][S+](c1cc(Br)[c]c(Br)c1-c1cccc(F)c1)C(F)(F)C(F)(F)C(F)(F)F. The van der Waals surface area contributed by atoms with Crippen LogP contribution in [0.3, 0.4) is 0 Å². The van der Waals surface area contributed by atoms with Crippen molar-refractivity contribution in [1.29, 1.82) is 0 Å².